The van der Waals surface area contributed by atoms with Crippen molar-refractivity contribution in [3.8, 4) is 11.5 Å². The molecule has 2 aromatic carbocycles. The molecule has 112 valence electrons. The molecule has 1 unspecified atom stereocenters. The second-order valence-electron chi connectivity index (χ2n) is 4.67. The van der Waals surface area contributed by atoms with Crippen LogP contribution in [-0.4, -0.2) is 24.4 Å². The van der Waals surface area contributed by atoms with E-state index in [1.165, 1.54) is 12.1 Å². The predicted octanol–water partition coefficient (Wildman–Crippen LogP) is 3.72. The fourth-order valence-corrected chi connectivity index (χ4v) is 2.06. The van der Waals surface area contributed by atoms with E-state index in [1.54, 1.807) is 6.07 Å². The summed E-state index contributed by atoms with van der Waals surface area (Å²) in [6.07, 6.45) is -0.839. The molecule has 5 heteroatoms. The molecule has 2 rings (SSSR count). The van der Waals surface area contributed by atoms with Crippen LogP contribution >= 0.6 is 15.9 Å². The normalized spacial score (nSPS) is 12.0. The van der Waals surface area contributed by atoms with E-state index in [1.807, 2.05) is 31.2 Å². The summed E-state index contributed by atoms with van der Waals surface area (Å²) >= 11 is 3.17. The molecule has 0 aliphatic heterocycles. The Kier molecular flexibility index (Phi) is 5.59. The fourth-order valence-electron chi connectivity index (χ4n) is 1.72. The van der Waals surface area contributed by atoms with E-state index in [2.05, 4.69) is 15.9 Å². The Morgan fingerprint density at radius 1 is 1.14 bits per heavy atom. The van der Waals surface area contributed by atoms with Gasteiger partial charge in [-0.15, -0.1) is 0 Å². The van der Waals surface area contributed by atoms with Crippen LogP contribution in [-0.2, 0) is 0 Å². The maximum atomic E-state index is 13.5. The highest BCUT2D eigenvalue weighted by molar-refractivity contribution is 9.10. The number of hydrogen-bond donors (Lipinski definition) is 1. The lowest BCUT2D eigenvalue weighted by atomic mass is 10.2. The van der Waals surface area contributed by atoms with Gasteiger partial charge in [-0.25, -0.2) is 4.39 Å². The Balaban J connectivity index is 1.80. The van der Waals surface area contributed by atoms with E-state index in [4.69, 9.17) is 9.47 Å². The van der Waals surface area contributed by atoms with Crippen molar-refractivity contribution in [3.63, 3.8) is 0 Å². The third-order valence-electron chi connectivity index (χ3n) is 2.76. The van der Waals surface area contributed by atoms with Crippen LogP contribution in [0.2, 0.25) is 0 Å². The van der Waals surface area contributed by atoms with E-state index in [-0.39, 0.29) is 19.0 Å². The molecule has 2 aromatic rings. The molecule has 0 heterocycles. The van der Waals surface area contributed by atoms with Gasteiger partial charge in [0.05, 0.1) is 0 Å². The summed E-state index contributed by atoms with van der Waals surface area (Å²) in [5.41, 5.74) is 1.08. The highest BCUT2D eigenvalue weighted by Crippen LogP contribution is 2.21. The molecule has 0 fully saturated rings. The topological polar surface area (TPSA) is 38.7 Å². The van der Waals surface area contributed by atoms with Gasteiger partial charge in [0.25, 0.3) is 0 Å². The summed E-state index contributed by atoms with van der Waals surface area (Å²) in [6, 6.07) is 12.0. The van der Waals surface area contributed by atoms with Crippen molar-refractivity contribution in [1.82, 2.24) is 0 Å². The largest absolute Gasteiger partial charge is 0.491 e. The molecular formula is C16H16BrFO3. The second-order valence-corrected chi connectivity index (χ2v) is 5.58. The van der Waals surface area contributed by atoms with Crippen molar-refractivity contribution in [2.75, 3.05) is 13.2 Å². The van der Waals surface area contributed by atoms with Crippen LogP contribution in [0, 0.1) is 12.7 Å². The fraction of sp³-hybridized carbons (Fsp3) is 0.250. The van der Waals surface area contributed by atoms with Crippen LogP contribution < -0.4 is 9.47 Å². The van der Waals surface area contributed by atoms with E-state index in [9.17, 15) is 9.50 Å². The lowest BCUT2D eigenvalue weighted by Gasteiger charge is -2.14. The van der Waals surface area contributed by atoms with Crippen LogP contribution in [0.1, 0.15) is 5.56 Å². The van der Waals surface area contributed by atoms with Gasteiger partial charge in [0, 0.05) is 4.47 Å². The molecule has 0 aromatic heterocycles. The monoisotopic (exact) mass is 354 g/mol. The lowest BCUT2D eigenvalue weighted by molar-refractivity contribution is 0.0612. The number of halogens is 2. The summed E-state index contributed by atoms with van der Waals surface area (Å²) in [6.45, 7) is 2.01. The first-order chi connectivity index (χ1) is 10.0. The maximum Gasteiger partial charge on any atom is 0.166 e. The Labute approximate surface area is 131 Å². The molecule has 0 spiro atoms. The van der Waals surface area contributed by atoms with Gasteiger partial charge in [0.15, 0.2) is 11.6 Å². The molecular weight excluding hydrogens is 339 g/mol. The van der Waals surface area contributed by atoms with Crippen LogP contribution in [0.5, 0.6) is 11.5 Å². The minimum Gasteiger partial charge on any atom is -0.491 e. The lowest BCUT2D eigenvalue weighted by Crippen LogP contribution is -2.25. The van der Waals surface area contributed by atoms with Gasteiger partial charge in [-0.3, -0.25) is 0 Å². The Hall–Kier alpha value is -1.59. The third-order valence-corrected chi connectivity index (χ3v) is 3.25. The molecule has 3 nitrogen and oxygen atoms in total. The van der Waals surface area contributed by atoms with Gasteiger partial charge < -0.3 is 14.6 Å². The first-order valence-electron chi connectivity index (χ1n) is 6.50. The number of aryl methyl sites for hydroxylation is 1. The Morgan fingerprint density at radius 2 is 1.90 bits per heavy atom. The van der Waals surface area contributed by atoms with E-state index >= 15 is 0 Å². The number of hydrogen-bond acceptors (Lipinski definition) is 3. The Bertz CT molecular complexity index is 604. The van der Waals surface area contributed by atoms with Gasteiger partial charge in [-0.05, 0) is 42.8 Å². The molecule has 1 N–H and O–H groups in total. The number of aliphatic hydroxyl groups is 1. The zero-order chi connectivity index (χ0) is 15.2. The highest BCUT2D eigenvalue weighted by Gasteiger charge is 2.09. The molecule has 0 radical (unpaired) electrons. The van der Waals surface area contributed by atoms with Gasteiger partial charge in [-0.2, -0.15) is 0 Å². The van der Waals surface area contributed by atoms with E-state index in [0.29, 0.717) is 10.2 Å². The van der Waals surface area contributed by atoms with Crippen molar-refractivity contribution in [2.45, 2.75) is 13.0 Å². The molecule has 0 amide bonds. The van der Waals surface area contributed by atoms with Crippen molar-refractivity contribution in [3.05, 3.63) is 58.3 Å². The minimum atomic E-state index is -0.839. The number of benzene rings is 2. The van der Waals surface area contributed by atoms with E-state index < -0.39 is 11.9 Å². The SMILES string of the molecule is Cc1cccc(OCC(O)COc2ccc(Br)cc2F)c1. The third kappa shape index (κ3) is 5.02. The average molecular weight is 355 g/mol. The van der Waals surface area contributed by atoms with Crippen molar-refractivity contribution >= 4 is 15.9 Å². The molecule has 21 heavy (non-hydrogen) atoms. The Morgan fingerprint density at radius 3 is 2.62 bits per heavy atom. The van der Waals surface area contributed by atoms with Crippen LogP contribution in [0.15, 0.2) is 46.9 Å². The summed E-state index contributed by atoms with van der Waals surface area (Å²) in [5, 5.41) is 9.80. The summed E-state index contributed by atoms with van der Waals surface area (Å²) in [4.78, 5) is 0. The molecule has 0 saturated heterocycles. The average Bonchev–Trinajstić information content (AvgIpc) is 2.44. The van der Waals surface area contributed by atoms with Gasteiger partial charge in [0.1, 0.15) is 25.1 Å². The zero-order valence-corrected chi connectivity index (χ0v) is 13.1. The number of aliphatic hydroxyl groups excluding tert-OH is 1. The predicted molar refractivity (Wildman–Crippen MR) is 82.3 cm³/mol. The molecule has 0 aliphatic carbocycles. The van der Waals surface area contributed by atoms with Crippen molar-refractivity contribution in [2.24, 2.45) is 0 Å². The van der Waals surface area contributed by atoms with Gasteiger partial charge >= 0.3 is 0 Å². The smallest absolute Gasteiger partial charge is 0.166 e. The summed E-state index contributed by atoms with van der Waals surface area (Å²) < 4.78 is 24.9. The summed E-state index contributed by atoms with van der Waals surface area (Å²) in [5.74, 6) is 0.313. The quantitative estimate of drug-likeness (QED) is 0.859. The first kappa shape index (κ1) is 15.8. The molecule has 0 bridgehead atoms. The molecule has 1 atom stereocenters. The highest BCUT2D eigenvalue weighted by atomic mass is 79.9. The number of rotatable bonds is 6. The first-order valence-corrected chi connectivity index (χ1v) is 7.29. The molecule has 0 saturated carbocycles. The van der Waals surface area contributed by atoms with E-state index in [0.717, 1.165) is 5.56 Å². The van der Waals surface area contributed by atoms with Gasteiger partial charge in [0.2, 0.25) is 0 Å². The minimum absolute atomic E-state index is 0.0373. The second kappa shape index (κ2) is 7.43. The standard InChI is InChI=1S/C16H16BrFO3/c1-11-3-2-4-14(7-11)20-9-13(19)10-21-16-6-5-12(17)8-15(16)18/h2-8,13,19H,9-10H2,1H3. The van der Waals surface area contributed by atoms with Crippen LogP contribution in [0.25, 0.3) is 0 Å². The van der Waals surface area contributed by atoms with Crippen LogP contribution in [0.4, 0.5) is 4.39 Å². The van der Waals surface area contributed by atoms with Crippen LogP contribution in [0.3, 0.4) is 0 Å². The maximum absolute atomic E-state index is 13.5. The van der Waals surface area contributed by atoms with Crippen molar-refractivity contribution < 1.29 is 19.0 Å². The van der Waals surface area contributed by atoms with Crippen molar-refractivity contribution in [1.29, 1.82) is 0 Å². The zero-order valence-electron chi connectivity index (χ0n) is 11.6. The molecule has 0 aliphatic rings. The van der Waals surface area contributed by atoms with Gasteiger partial charge in [-0.1, -0.05) is 28.1 Å². The summed E-state index contributed by atoms with van der Waals surface area (Å²) in [7, 11) is 0. The number of ether oxygens (including phenoxy) is 2.